The number of aromatic nitrogens is 1. The summed E-state index contributed by atoms with van der Waals surface area (Å²) in [5.41, 5.74) is 0.744. The summed E-state index contributed by atoms with van der Waals surface area (Å²) in [5, 5.41) is 16.3. The molecule has 1 unspecified atom stereocenters. The van der Waals surface area contributed by atoms with Gasteiger partial charge in [0, 0.05) is 11.3 Å². The molecule has 1 amide bonds. The molecule has 0 aliphatic heterocycles. The lowest BCUT2D eigenvalue weighted by Crippen LogP contribution is -2.32. The maximum absolute atomic E-state index is 12.1. The number of hydrogen-bond donors (Lipinski definition) is 2. The molecule has 0 bridgehead atoms. The minimum Gasteiger partial charge on any atom is -0.385 e. The van der Waals surface area contributed by atoms with E-state index in [1.54, 1.807) is 18.3 Å². The van der Waals surface area contributed by atoms with Crippen LogP contribution in [0.1, 0.15) is 48.4 Å². The van der Waals surface area contributed by atoms with Crippen molar-refractivity contribution in [3.63, 3.8) is 0 Å². The predicted octanol–water partition coefficient (Wildman–Crippen LogP) is 2.93. The predicted molar refractivity (Wildman–Crippen MR) is 86.6 cm³/mol. The van der Waals surface area contributed by atoms with E-state index in [1.807, 2.05) is 30.3 Å². The van der Waals surface area contributed by atoms with Gasteiger partial charge in [-0.1, -0.05) is 30.3 Å². The first-order valence-electron chi connectivity index (χ1n) is 7.53. The van der Waals surface area contributed by atoms with Crippen LogP contribution in [0.2, 0.25) is 0 Å². The van der Waals surface area contributed by atoms with Crippen molar-refractivity contribution in [1.82, 2.24) is 10.3 Å². The van der Waals surface area contributed by atoms with E-state index in [-0.39, 0.29) is 12.3 Å². The third-order valence-corrected chi connectivity index (χ3v) is 4.77. The topological polar surface area (TPSA) is 62.2 Å². The number of aliphatic hydroxyl groups is 1. The Balaban J connectivity index is 1.53. The Bertz CT molecular complexity index is 648. The highest BCUT2D eigenvalue weighted by atomic mass is 32.1. The first-order chi connectivity index (χ1) is 10.5. The van der Waals surface area contributed by atoms with Crippen LogP contribution in [0, 0.1) is 0 Å². The fraction of sp³-hybridized carbons (Fsp3) is 0.412. The van der Waals surface area contributed by atoms with Gasteiger partial charge in [-0.2, -0.15) is 0 Å². The standard InChI is InChI=1S/C17H20N2O2S/c1-17(21,13-5-3-2-4-6-13)9-15(20)18-10-16-19-14(11-22-16)12-7-8-12/h2-6,11-12,21H,7-10H2,1H3,(H,18,20). The molecule has 0 spiro atoms. The van der Waals surface area contributed by atoms with Crippen LogP contribution in [-0.4, -0.2) is 16.0 Å². The number of benzene rings is 1. The molecule has 1 saturated carbocycles. The van der Waals surface area contributed by atoms with Crippen molar-refractivity contribution in [3.8, 4) is 0 Å². The number of amides is 1. The average Bonchev–Trinajstić information content (AvgIpc) is 3.25. The van der Waals surface area contributed by atoms with Gasteiger partial charge in [-0.05, 0) is 25.3 Å². The molecule has 2 aromatic rings. The van der Waals surface area contributed by atoms with E-state index in [0.29, 0.717) is 12.5 Å². The first kappa shape index (κ1) is 15.2. The minimum absolute atomic E-state index is 0.0396. The van der Waals surface area contributed by atoms with Crippen molar-refractivity contribution in [2.24, 2.45) is 0 Å². The third-order valence-electron chi connectivity index (χ3n) is 3.90. The van der Waals surface area contributed by atoms with E-state index < -0.39 is 5.60 Å². The van der Waals surface area contributed by atoms with Crippen molar-refractivity contribution in [2.45, 2.75) is 44.2 Å². The van der Waals surface area contributed by atoms with Crippen molar-refractivity contribution in [2.75, 3.05) is 0 Å². The van der Waals surface area contributed by atoms with E-state index >= 15 is 0 Å². The van der Waals surface area contributed by atoms with Gasteiger partial charge in [0.15, 0.2) is 0 Å². The van der Waals surface area contributed by atoms with Gasteiger partial charge in [0.2, 0.25) is 5.91 Å². The Morgan fingerprint density at radius 1 is 1.41 bits per heavy atom. The lowest BCUT2D eigenvalue weighted by Gasteiger charge is -2.23. The zero-order valence-electron chi connectivity index (χ0n) is 12.6. The second-order valence-electron chi connectivity index (χ2n) is 6.03. The highest BCUT2D eigenvalue weighted by Crippen LogP contribution is 2.40. The number of nitrogens with zero attached hydrogens (tertiary/aromatic N) is 1. The molecule has 0 saturated heterocycles. The molecule has 3 rings (SSSR count). The molecule has 4 nitrogen and oxygen atoms in total. The molecule has 1 fully saturated rings. The minimum atomic E-state index is -1.16. The normalized spacial score (nSPS) is 17.0. The maximum atomic E-state index is 12.1. The van der Waals surface area contributed by atoms with Gasteiger partial charge in [0.25, 0.3) is 0 Å². The number of carbonyl (C=O) groups excluding carboxylic acids is 1. The van der Waals surface area contributed by atoms with Crippen LogP contribution >= 0.6 is 11.3 Å². The van der Waals surface area contributed by atoms with Gasteiger partial charge in [0.1, 0.15) is 5.01 Å². The summed E-state index contributed by atoms with van der Waals surface area (Å²) < 4.78 is 0. The van der Waals surface area contributed by atoms with Gasteiger partial charge in [0.05, 0.1) is 24.3 Å². The van der Waals surface area contributed by atoms with Crippen LogP contribution in [0.3, 0.4) is 0 Å². The molecule has 116 valence electrons. The Kier molecular flexibility index (Phi) is 4.27. The molecule has 1 aliphatic carbocycles. The maximum Gasteiger partial charge on any atom is 0.223 e. The summed E-state index contributed by atoms with van der Waals surface area (Å²) in [6, 6.07) is 9.26. The van der Waals surface area contributed by atoms with Crippen LogP contribution in [0.15, 0.2) is 35.7 Å². The van der Waals surface area contributed by atoms with Crippen LogP contribution < -0.4 is 5.32 Å². The highest BCUT2D eigenvalue weighted by molar-refractivity contribution is 7.09. The monoisotopic (exact) mass is 316 g/mol. The lowest BCUT2D eigenvalue weighted by molar-refractivity contribution is -0.126. The number of nitrogens with one attached hydrogen (secondary N) is 1. The summed E-state index contributed by atoms with van der Waals surface area (Å²) in [5.74, 6) is 0.469. The molecule has 1 heterocycles. The summed E-state index contributed by atoms with van der Waals surface area (Å²) in [6.45, 7) is 2.09. The second kappa shape index (κ2) is 6.18. The third kappa shape index (κ3) is 3.72. The van der Waals surface area contributed by atoms with E-state index in [9.17, 15) is 9.90 Å². The van der Waals surface area contributed by atoms with Gasteiger partial charge in [-0.15, -0.1) is 11.3 Å². The zero-order chi connectivity index (χ0) is 15.6. The van der Waals surface area contributed by atoms with Crippen molar-refractivity contribution >= 4 is 17.2 Å². The molecule has 22 heavy (non-hydrogen) atoms. The Morgan fingerprint density at radius 2 is 2.14 bits per heavy atom. The van der Waals surface area contributed by atoms with E-state index in [4.69, 9.17) is 0 Å². The molecule has 0 radical (unpaired) electrons. The summed E-state index contributed by atoms with van der Waals surface area (Å²) in [6.07, 6.45) is 2.50. The van der Waals surface area contributed by atoms with Crippen molar-refractivity contribution in [1.29, 1.82) is 0 Å². The van der Waals surface area contributed by atoms with Gasteiger partial charge in [-0.3, -0.25) is 4.79 Å². The average molecular weight is 316 g/mol. The summed E-state index contributed by atoms with van der Waals surface area (Å²) in [7, 11) is 0. The van der Waals surface area contributed by atoms with Gasteiger partial charge in [-0.25, -0.2) is 4.98 Å². The van der Waals surface area contributed by atoms with Crippen molar-refractivity contribution in [3.05, 3.63) is 52.0 Å². The fourth-order valence-corrected chi connectivity index (χ4v) is 3.24. The number of hydrogen-bond acceptors (Lipinski definition) is 4. The quantitative estimate of drug-likeness (QED) is 0.861. The van der Waals surface area contributed by atoms with Crippen LogP contribution in [0.25, 0.3) is 0 Å². The number of rotatable bonds is 6. The molecule has 2 N–H and O–H groups in total. The second-order valence-corrected chi connectivity index (χ2v) is 6.98. The molecule has 1 atom stereocenters. The molecule has 1 aromatic carbocycles. The van der Waals surface area contributed by atoms with E-state index in [2.05, 4.69) is 15.7 Å². The summed E-state index contributed by atoms with van der Waals surface area (Å²) >= 11 is 1.59. The molecule has 1 aliphatic rings. The van der Waals surface area contributed by atoms with Crippen LogP contribution in [0.4, 0.5) is 0 Å². The Labute approximate surface area is 134 Å². The largest absolute Gasteiger partial charge is 0.385 e. The fourth-order valence-electron chi connectivity index (χ4n) is 2.42. The molecule has 5 heteroatoms. The number of carbonyl (C=O) groups is 1. The number of thiazole rings is 1. The van der Waals surface area contributed by atoms with E-state index in [1.165, 1.54) is 12.8 Å². The van der Waals surface area contributed by atoms with Crippen LogP contribution in [-0.2, 0) is 16.9 Å². The first-order valence-corrected chi connectivity index (χ1v) is 8.41. The van der Waals surface area contributed by atoms with E-state index in [0.717, 1.165) is 16.3 Å². The smallest absolute Gasteiger partial charge is 0.223 e. The molecular formula is C17H20N2O2S. The zero-order valence-corrected chi connectivity index (χ0v) is 13.4. The van der Waals surface area contributed by atoms with Gasteiger partial charge >= 0.3 is 0 Å². The Morgan fingerprint density at radius 3 is 2.82 bits per heavy atom. The molecular weight excluding hydrogens is 296 g/mol. The van der Waals surface area contributed by atoms with Crippen LogP contribution in [0.5, 0.6) is 0 Å². The summed E-state index contributed by atoms with van der Waals surface area (Å²) in [4.78, 5) is 16.6. The van der Waals surface area contributed by atoms with Crippen molar-refractivity contribution < 1.29 is 9.90 Å². The molecule has 1 aromatic heterocycles. The highest BCUT2D eigenvalue weighted by Gasteiger charge is 2.27. The Hall–Kier alpha value is -1.72. The lowest BCUT2D eigenvalue weighted by atomic mass is 9.92. The van der Waals surface area contributed by atoms with Gasteiger partial charge < -0.3 is 10.4 Å². The SMILES string of the molecule is CC(O)(CC(=O)NCc1nc(C2CC2)cs1)c1ccccc1.